The molecular formula is C20H22N2O2S. The minimum atomic E-state index is -0.00114. The SMILES string of the molecule is CCn1c(=O)c2cc(C(=O)N3CCC(C)CC3)sc2c2ccccc21. The van der Waals surface area contributed by atoms with Crippen molar-refractivity contribution >= 4 is 38.2 Å². The number of piperidine rings is 1. The van der Waals surface area contributed by atoms with E-state index in [4.69, 9.17) is 0 Å². The number of thiophene rings is 1. The van der Waals surface area contributed by atoms with Gasteiger partial charge in [-0.05, 0) is 37.8 Å². The van der Waals surface area contributed by atoms with Gasteiger partial charge in [0.15, 0.2) is 0 Å². The molecule has 1 aliphatic heterocycles. The second-order valence-corrected chi connectivity index (χ2v) is 7.95. The van der Waals surface area contributed by atoms with Gasteiger partial charge in [0.05, 0.1) is 15.8 Å². The number of hydrogen-bond acceptors (Lipinski definition) is 3. The van der Waals surface area contributed by atoms with Gasteiger partial charge in [-0.1, -0.05) is 25.1 Å². The zero-order valence-electron chi connectivity index (χ0n) is 14.6. The van der Waals surface area contributed by atoms with Crippen LogP contribution in [-0.2, 0) is 6.54 Å². The Labute approximate surface area is 150 Å². The Hall–Kier alpha value is -2.14. The van der Waals surface area contributed by atoms with Crippen LogP contribution < -0.4 is 5.56 Å². The van der Waals surface area contributed by atoms with Gasteiger partial charge in [0.25, 0.3) is 11.5 Å². The molecule has 0 saturated carbocycles. The lowest BCUT2D eigenvalue weighted by molar-refractivity contribution is 0.0702. The maximum absolute atomic E-state index is 12.9. The van der Waals surface area contributed by atoms with E-state index in [9.17, 15) is 9.59 Å². The Morgan fingerprint density at radius 2 is 1.92 bits per heavy atom. The van der Waals surface area contributed by atoms with Crippen LogP contribution in [0.4, 0.5) is 0 Å². The predicted molar refractivity (Wildman–Crippen MR) is 104 cm³/mol. The summed E-state index contributed by atoms with van der Waals surface area (Å²) in [4.78, 5) is 28.4. The maximum atomic E-state index is 12.9. The number of hydrogen-bond donors (Lipinski definition) is 0. The number of amides is 1. The van der Waals surface area contributed by atoms with Crippen molar-refractivity contribution in [3.8, 4) is 0 Å². The summed E-state index contributed by atoms with van der Waals surface area (Å²) in [7, 11) is 0. The lowest BCUT2D eigenvalue weighted by Gasteiger charge is -2.29. The Morgan fingerprint density at radius 1 is 1.20 bits per heavy atom. The number of pyridine rings is 1. The molecule has 1 aromatic carbocycles. The third-order valence-electron chi connectivity index (χ3n) is 5.24. The molecule has 4 rings (SSSR count). The molecule has 5 heteroatoms. The van der Waals surface area contributed by atoms with Crippen molar-refractivity contribution in [3.05, 3.63) is 45.6 Å². The normalized spacial score (nSPS) is 16.0. The maximum Gasteiger partial charge on any atom is 0.263 e. The standard InChI is InChI=1S/C20H22N2O2S/c1-3-22-16-7-5-4-6-14(16)18-15(19(22)23)12-17(25-18)20(24)21-10-8-13(2)9-11-21/h4-7,12-13H,3,8-11H2,1-2H3. The van der Waals surface area contributed by atoms with Crippen molar-refractivity contribution in [2.45, 2.75) is 33.2 Å². The van der Waals surface area contributed by atoms with Crippen LogP contribution in [0.3, 0.4) is 0 Å². The molecule has 0 bridgehead atoms. The van der Waals surface area contributed by atoms with Crippen LogP contribution in [0.1, 0.15) is 36.4 Å². The van der Waals surface area contributed by atoms with Crippen LogP contribution in [0.5, 0.6) is 0 Å². The molecule has 3 aromatic rings. The van der Waals surface area contributed by atoms with E-state index >= 15 is 0 Å². The molecule has 4 nitrogen and oxygen atoms in total. The molecule has 0 aliphatic carbocycles. The summed E-state index contributed by atoms with van der Waals surface area (Å²) in [6.45, 7) is 6.47. The van der Waals surface area contributed by atoms with E-state index in [1.165, 1.54) is 11.3 Å². The summed E-state index contributed by atoms with van der Waals surface area (Å²) in [6.07, 6.45) is 2.12. The number of carbonyl (C=O) groups is 1. The van der Waals surface area contributed by atoms with Gasteiger partial charge in [-0.2, -0.15) is 0 Å². The number of likely N-dealkylation sites (tertiary alicyclic amines) is 1. The molecule has 1 saturated heterocycles. The number of para-hydroxylation sites is 1. The minimum Gasteiger partial charge on any atom is -0.338 e. The quantitative estimate of drug-likeness (QED) is 0.695. The fourth-order valence-electron chi connectivity index (χ4n) is 3.69. The monoisotopic (exact) mass is 354 g/mol. The molecule has 3 heterocycles. The number of carbonyl (C=O) groups excluding carboxylic acids is 1. The summed E-state index contributed by atoms with van der Waals surface area (Å²) in [5.41, 5.74) is 0.939. The molecule has 2 aromatic heterocycles. The third-order valence-corrected chi connectivity index (χ3v) is 6.40. The van der Waals surface area contributed by atoms with Crippen molar-refractivity contribution in [1.29, 1.82) is 0 Å². The minimum absolute atomic E-state index is 0.00114. The topological polar surface area (TPSA) is 42.3 Å². The summed E-state index contributed by atoms with van der Waals surface area (Å²) < 4.78 is 2.72. The van der Waals surface area contributed by atoms with Gasteiger partial charge in [0.2, 0.25) is 0 Å². The molecule has 130 valence electrons. The van der Waals surface area contributed by atoms with Gasteiger partial charge >= 0.3 is 0 Å². The Bertz CT molecular complexity index is 1010. The van der Waals surface area contributed by atoms with Gasteiger partial charge in [-0.25, -0.2) is 0 Å². The van der Waals surface area contributed by atoms with Crippen molar-refractivity contribution < 1.29 is 4.79 Å². The third kappa shape index (κ3) is 2.67. The summed E-state index contributed by atoms with van der Waals surface area (Å²) in [5, 5.41) is 1.72. The van der Waals surface area contributed by atoms with Crippen molar-refractivity contribution in [2.75, 3.05) is 13.1 Å². The summed E-state index contributed by atoms with van der Waals surface area (Å²) in [5.74, 6) is 0.756. The van der Waals surface area contributed by atoms with E-state index in [1.54, 1.807) is 10.6 Å². The largest absolute Gasteiger partial charge is 0.338 e. The van der Waals surface area contributed by atoms with Crippen LogP contribution in [0.15, 0.2) is 35.1 Å². The van der Waals surface area contributed by atoms with E-state index < -0.39 is 0 Å². The molecule has 0 spiro atoms. The molecule has 0 N–H and O–H groups in total. The molecule has 1 fully saturated rings. The van der Waals surface area contributed by atoms with Crippen LogP contribution in [0.2, 0.25) is 0 Å². The van der Waals surface area contributed by atoms with Crippen LogP contribution >= 0.6 is 11.3 Å². The molecular weight excluding hydrogens is 332 g/mol. The second kappa shape index (κ2) is 6.30. The van der Waals surface area contributed by atoms with E-state index in [0.717, 1.165) is 41.5 Å². The molecule has 25 heavy (non-hydrogen) atoms. The Kier molecular flexibility index (Phi) is 4.12. The number of aryl methyl sites for hydroxylation is 1. The molecule has 0 atom stereocenters. The van der Waals surface area contributed by atoms with Crippen LogP contribution in [0.25, 0.3) is 21.0 Å². The first-order valence-electron chi connectivity index (χ1n) is 8.94. The lowest BCUT2D eigenvalue weighted by atomic mass is 9.99. The average molecular weight is 354 g/mol. The van der Waals surface area contributed by atoms with Crippen LogP contribution in [0, 0.1) is 5.92 Å². The van der Waals surface area contributed by atoms with Crippen LogP contribution in [-0.4, -0.2) is 28.5 Å². The van der Waals surface area contributed by atoms with E-state index in [-0.39, 0.29) is 11.5 Å². The van der Waals surface area contributed by atoms with Gasteiger partial charge < -0.3 is 9.47 Å². The molecule has 1 aliphatic rings. The lowest BCUT2D eigenvalue weighted by Crippen LogP contribution is -2.37. The van der Waals surface area contributed by atoms with E-state index in [0.29, 0.717) is 22.7 Å². The van der Waals surface area contributed by atoms with Gasteiger partial charge in [-0.3, -0.25) is 9.59 Å². The number of nitrogens with zero attached hydrogens (tertiary/aromatic N) is 2. The molecule has 0 unspecified atom stereocenters. The summed E-state index contributed by atoms with van der Waals surface area (Å²) >= 11 is 1.46. The average Bonchev–Trinajstić information content (AvgIpc) is 3.08. The highest BCUT2D eigenvalue weighted by Gasteiger charge is 2.24. The van der Waals surface area contributed by atoms with Crippen molar-refractivity contribution in [3.63, 3.8) is 0 Å². The Morgan fingerprint density at radius 3 is 2.64 bits per heavy atom. The fourth-order valence-corrected chi connectivity index (χ4v) is 4.84. The first-order valence-corrected chi connectivity index (χ1v) is 9.76. The van der Waals surface area contributed by atoms with Crippen molar-refractivity contribution in [1.82, 2.24) is 9.47 Å². The number of fused-ring (bicyclic) bond motifs is 3. The highest BCUT2D eigenvalue weighted by atomic mass is 32.1. The second-order valence-electron chi connectivity index (χ2n) is 6.89. The Balaban J connectivity index is 1.85. The number of rotatable bonds is 2. The number of aromatic nitrogens is 1. The highest BCUT2D eigenvalue weighted by molar-refractivity contribution is 7.21. The molecule has 1 amide bonds. The van der Waals surface area contributed by atoms with E-state index in [2.05, 4.69) is 6.92 Å². The number of benzene rings is 1. The zero-order valence-corrected chi connectivity index (χ0v) is 15.4. The predicted octanol–water partition coefficient (Wildman–Crippen LogP) is 4.11. The van der Waals surface area contributed by atoms with Gasteiger partial charge in [-0.15, -0.1) is 11.3 Å². The van der Waals surface area contributed by atoms with Gasteiger partial charge in [0, 0.05) is 29.7 Å². The summed E-state index contributed by atoms with van der Waals surface area (Å²) in [6, 6.07) is 9.76. The smallest absolute Gasteiger partial charge is 0.263 e. The van der Waals surface area contributed by atoms with Gasteiger partial charge in [0.1, 0.15) is 0 Å². The first kappa shape index (κ1) is 16.3. The highest BCUT2D eigenvalue weighted by Crippen LogP contribution is 2.31. The molecule has 0 radical (unpaired) electrons. The zero-order chi connectivity index (χ0) is 17.6. The first-order chi connectivity index (χ1) is 12.1. The fraction of sp³-hybridized carbons (Fsp3) is 0.400. The van der Waals surface area contributed by atoms with Crippen molar-refractivity contribution in [2.24, 2.45) is 5.92 Å². The van der Waals surface area contributed by atoms with E-state index in [1.807, 2.05) is 36.1 Å².